The van der Waals surface area contributed by atoms with E-state index in [0.29, 0.717) is 36.9 Å². The number of sulfonamides is 1. The lowest BCUT2D eigenvalue weighted by molar-refractivity contribution is 0.0994. The van der Waals surface area contributed by atoms with Gasteiger partial charge in [-0.1, -0.05) is 25.5 Å². The molecule has 0 saturated heterocycles. The lowest BCUT2D eigenvalue weighted by atomic mass is 10.1. The second kappa shape index (κ2) is 5.94. The van der Waals surface area contributed by atoms with Gasteiger partial charge in [-0.05, 0) is 31.5 Å². The zero-order valence-corrected chi connectivity index (χ0v) is 13.8. The van der Waals surface area contributed by atoms with E-state index in [4.69, 9.17) is 0 Å². The van der Waals surface area contributed by atoms with E-state index in [9.17, 15) is 13.2 Å². The molecule has 2 aromatic carbocycles. The summed E-state index contributed by atoms with van der Waals surface area (Å²) in [6.45, 7) is 6.52. The first-order valence-electron chi connectivity index (χ1n) is 7.67. The van der Waals surface area contributed by atoms with Crippen LogP contribution >= 0.6 is 0 Å². The van der Waals surface area contributed by atoms with E-state index in [-0.39, 0.29) is 10.8 Å². The fourth-order valence-corrected chi connectivity index (χ4v) is 4.25. The van der Waals surface area contributed by atoms with Crippen LogP contribution in [0.1, 0.15) is 30.1 Å². The molecule has 0 aromatic heterocycles. The van der Waals surface area contributed by atoms with Gasteiger partial charge >= 0.3 is 0 Å². The highest BCUT2D eigenvalue weighted by Crippen LogP contribution is 2.39. The Balaban J connectivity index is 2.16. The van der Waals surface area contributed by atoms with E-state index in [1.54, 1.807) is 35.2 Å². The van der Waals surface area contributed by atoms with Gasteiger partial charge in [0.2, 0.25) is 10.0 Å². The average Bonchev–Trinajstić information content (AvgIpc) is 2.81. The number of hydrogen-bond acceptors (Lipinski definition) is 3. The predicted molar refractivity (Wildman–Crippen MR) is 91.1 cm³/mol. The second-order valence-corrected chi connectivity index (χ2v) is 7.20. The minimum atomic E-state index is -3.61. The highest BCUT2D eigenvalue weighted by Gasteiger charge is 2.31. The van der Waals surface area contributed by atoms with Crippen molar-refractivity contribution in [3.8, 4) is 0 Å². The van der Waals surface area contributed by atoms with Gasteiger partial charge in [0, 0.05) is 29.4 Å². The maximum absolute atomic E-state index is 12.6. The van der Waals surface area contributed by atoms with Crippen molar-refractivity contribution < 1.29 is 13.2 Å². The molecule has 121 valence electrons. The number of carbonyl (C=O) groups excluding carboxylic acids is 1. The SMILES string of the molecule is [CH2]CCCNS(=O)(=O)c1ccc2c3c(cccc13)C(=O)N2CC. The summed E-state index contributed by atoms with van der Waals surface area (Å²) in [6, 6.07) is 8.53. The third kappa shape index (κ3) is 2.52. The quantitative estimate of drug-likeness (QED) is 0.828. The van der Waals surface area contributed by atoms with Crippen molar-refractivity contribution >= 4 is 32.4 Å². The van der Waals surface area contributed by atoms with Crippen LogP contribution in [0.15, 0.2) is 35.2 Å². The number of unbranched alkanes of at least 4 members (excludes halogenated alkanes) is 1. The average molecular weight is 331 g/mol. The van der Waals surface area contributed by atoms with Gasteiger partial charge in [-0.3, -0.25) is 4.79 Å². The number of amides is 1. The van der Waals surface area contributed by atoms with Gasteiger partial charge in [0.25, 0.3) is 5.91 Å². The highest BCUT2D eigenvalue weighted by atomic mass is 32.2. The molecule has 0 spiro atoms. The lowest BCUT2D eigenvalue weighted by Crippen LogP contribution is -2.26. The van der Waals surface area contributed by atoms with Crippen molar-refractivity contribution in [3.63, 3.8) is 0 Å². The molecule has 23 heavy (non-hydrogen) atoms. The van der Waals surface area contributed by atoms with Crippen molar-refractivity contribution in [2.24, 2.45) is 0 Å². The normalized spacial score (nSPS) is 14.0. The van der Waals surface area contributed by atoms with E-state index in [2.05, 4.69) is 11.6 Å². The molecule has 1 radical (unpaired) electrons. The van der Waals surface area contributed by atoms with E-state index >= 15 is 0 Å². The van der Waals surface area contributed by atoms with Crippen LogP contribution in [0.5, 0.6) is 0 Å². The van der Waals surface area contributed by atoms with Crippen molar-refractivity contribution in [1.82, 2.24) is 4.72 Å². The van der Waals surface area contributed by atoms with Crippen LogP contribution in [-0.2, 0) is 10.0 Å². The first-order chi connectivity index (χ1) is 11.0. The van der Waals surface area contributed by atoms with Gasteiger partial charge in [0.15, 0.2) is 0 Å². The van der Waals surface area contributed by atoms with Crippen LogP contribution in [0.2, 0.25) is 0 Å². The van der Waals surface area contributed by atoms with Crippen LogP contribution in [0.3, 0.4) is 0 Å². The summed E-state index contributed by atoms with van der Waals surface area (Å²) in [5.41, 5.74) is 1.34. The van der Waals surface area contributed by atoms with Crippen molar-refractivity contribution in [3.05, 3.63) is 42.8 Å². The number of nitrogens with zero attached hydrogens (tertiary/aromatic N) is 1. The van der Waals surface area contributed by atoms with Gasteiger partial charge in [0.1, 0.15) is 0 Å². The summed E-state index contributed by atoms with van der Waals surface area (Å²) >= 11 is 0. The Morgan fingerprint density at radius 3 is 2.70 bits per heavy atom. The Labute approximate surface area is 136 Å². The maximum atomic E-state index is 12.6. The Hall–Kier alpha value is -1.92. The van der Waals surface area contributed by atoms with Gasteiger partial charge < -0.3 is 4.90 Å². The third-order valence-corrected chi connectivity index (χ3v) is 5.59. The van der Waals surface area contributed by atoms with E-state index in [1.807, 2.05) is 6.92 Å². The molecule has 1 aliphatic rings. The zero-order chi connectivity index (χ0) is 16.6. The minimum Gasteiger partial charge on any atom is -0.308 e. The molecule has 1 N–H and O–H groups in total. The lowest BCUT2D eigenvalue weighted by Gasteiger charge is -2.15. The third-order valence-electron chi connectivity index (χ3n) is 4.07. The molecule has 3 rings (SSSR count). The molecular weight excluding hydrogens is 312 g/mol. The van der Waals surface area contributed by atoms with Crippen LogP contribution in [0.4, 0.5) is 5.69 Å². The number of anilines is 1. The number of nitrogens with one attached hydrogen (secondary N) is 1. The molecule has 0 saturated carbocycles. The monoisotopic (exact) mass is 331 g/mol. The Morgan fingerprint density at radius 1 is 1.22 bits per heavy atom. The minimum absolute atomic E-state index is 0.0762. The van der Waals surface area contributed by atoms with Crippen molar-refractivity contribution in [1.29, 1.82) is 0 Å². The zero-order valence-electron chi connectivity index (χ0n) is 13.0. The number of benzene rings is 2. The number of carbonyl (C=O) groups is 1. The number of hydrogen-bond donors (Lipinski definition) is 1. The molecule has 0 aliphatic carbocycles. The molecule has 1 aliphatic heterocycles. The fourth-order valence-electron chi connectivity index (χ4n) is 2.98. The topological polar surface area (TPSA) is 66.5 Å². The van der Waals surface area contributed by atoms with E-state index < -0.39 is 10.0 Å². The predicted octanol–water partition coefficient (Wildman–Crippen LogP) is 2.71. The molecule has 1 heterocycles. The Kier molecular flexibility index (Phi) is 4.12. The standard InChI is InChI=1S/C17H19N2O3S/c1-3-5-11-18-23(21,22)15-10-9-14-16-12(15)7-6-8-13(16)17(20)19(14)4-2/h6-10,18H,1,3-5,11H2,2H3. The van der Waals surface area contributed by atoms with Gasteiger partial charge in [-0.25, -0.2) is 13.1 Å². The smallest absolute Gasteiger partial charge is 0.258 e. The highest BCUT2D eigenvalue weighted by molar-refractivity contribution is 7.89. The number of rotatable bonds is 6. The summed E-state index contributed by atoms with van der Waals surface area (Å²) in [5, 5.41) is 1.31. The van der Waals surface area contributed by atoms with Crippen molar-refractivity contribution in [2.45, 2.75) is 24.7 Å². The molecule has 0 fully saturated rings. The first kappa shape index (κ1) is 16.0. The molecule has 6 heteroatoms. The fraction of sp³-hybridized carbons (Fsp3) is 0.294. The summed E-state index contributed by atoms with van der Waals surface area (Å²) < 4.78 is 27.7. The summed E-state index contributed by atoms with van der Waals surface area (Å²) in [5.74, 6) is -0.0762. The van der Waals surface area contributed by atoms with Gasteiger partial charge in [0.05, 0.1) is 10.6 Å². The summed E-state index contributed by atoms with van der Waals surface area (Å²) in [7, 11) is -3.61. The van der Waals surface area contributed by atoms with Gasteiger partial charge in [-0.15, -0.1) is 0 Å². The van der Waals surface area contributed by atoms with E-state index in [0.717, 1.165) is 11.1 Å². The molecule has 0 atom stereocenters. The van der Waals surface area contributed by atoms with Crippen LogP contribution in [0.25, 0.3) is 10.8 Å². The summed E-state index contributed by atoms with van der Waals surface area (Å²) in [4.78, 5) is 14.3. The largest absolute Gasteiger partial charge is 0.308 e. The maximum Gasteiger partial charge on any atom is 0.258 e. The molecule has 2 aromatic rings. The second-order valence-electron chi connectivity index (χ2n) is 5.47. The first-order valence-corrected chi connectivity index (χ1v) is 9.16. The van der Waals surface area contributed by atoms with Crippen LogP contribution < -0.4 is 9.62 Å². The Bertz CT molecular complexity index is 875. The molecule has 0 unspecified atom stereocenters. The molecule has 0 bridgehead atoms. The van der Waals surface area contributed by atoms with Crippen LogP contribution in [-0.4, -0.2) is 27.4 Å². The summed E-state index contributed by atoms with van der Waals surface area (Å²) in [6.07, 6.45) is 1.36. The molecule has 5 nitrogen and oxygen atoms in total. The van der Waals surface area contributed by atoms with E-state index in [1.165, 1.54) is 0 Å². The molecular formula is C17H19N2O3S. The molecule has 1 amide bonds. The van der Waals surface area contributed by atoms with Crippen molar-refractivity contribution in [2.75, 3.05) is 18.0 Å². The Morgan fingerprint density at radius 2 is 2.00 bits per heavy atom. The van der Waals surface area contributed by atoms with Crippen LogP contribution in [0, 0.1) is 6.92 Å². The van der Waals surface area contributed by atoms with Gasteiger partial charge in [-0.2, -0.15) is 0 Å².